The fraction of sp³-hybridized carbons (Fsp3) is 0.292. The summed E-state index contributed by atoms with van der Waals surface area (Å²) >= 11 is 11.5. The second-order valence-electron chi connectivity index (χ2n) is 7.55. The van der Waals surface area contributed by atoms with Gasteiger partial charge >= 0.3 is 0 Å². The van der Waals surface area contributed by atoms with Crippen molar-refractivity contribution < 1.29 is 14.3 Å². The first-order valence-electron chi connectivity index (χ1n) is 10.5. The maximum absolute atomic E-state index is 12.7. The molecule has 0 aromatic heterocycles. The number of carbonyl (C=O) groups excluding carboxylic acids is 2. The van der Waals surface area contributed by atoms with Crippen LogP contribution in [0.1, 0.15) is 48.0 Å². The Kier molecular flexibility index (Phi) is 8.64. The number of hydrogen-bond donors (Lipinski definition) is 3. The van der Waals surface area contributed by atoms with Gasteiger partial charge in [-0.2, -0.15) is 0 Å². The van der Waals surface area contributed by atoms with Crippen LogP contribution in [0.4, 0.5) is 5.69 Å². The first-order valence-corrected chi connectivity index (χ1v) is 11.3. The Morgan fingerprint density at radius 2 is 1.81 bits per heavy atom. The van der Waals surface area contributed by atoms with Gasteiger partial charge in [0.2, 0.25) is 5.91 Å². The molecule has 0 heterocycles. The standard InChI is InChI=1S/C24H26ClN3O3S/c1-31-19-11-7-16(8-12-19)9-14-22(29)28-24(32)27-18-10-13-21(25)20(15-18)23(30)26-17-5-3-2-4-6-17/h7-15,17H,2-6H2,1H3,(H,26,30)(H2,27,28,29,32)/b14-9+. The zero-order valence-corrected chi connectivity index (χ0v) is 19.4. The highest BCUT2D eigenvalue weighted by molar-refractivity contribution is 7.80. The van der Waals surface area contributed by atoms with Crippen molar-refractivity contribution in [2.75, 3.05) is 12.4 Å². The van der Waals surface area contributed by atoms with E-state index in [1.807, 2.05) is 24.3 Å². The van der Waals surface area contributed by atoms with E-state index in [1.54, 1.807) is 31.4 Å². The molecule has 2 amide bonds. The number of hydrogen-bond acceptors (Lipinski definition) is 4. The summed E-state index contributed by atoms with van der Waals surface area (Å²) in [5.41, 5.74) is 1.79. The smallest absolute Gasteiger partial charge is 0.253 e. The van der Waals surface area contributed by atoms with E-state index in [2.05, 4.69) is 16.0 Å². The Morgan fingerprint density at radius 3 is 2.50 bits per heavy atom. The van der Waals surface area contributed by atoms with Crippen molar-refractivity contribution in [1.29, 1.82) is 0 Å². The lowest BCUT2D eigenvalue weighted by Gasteiger charge is -2.23. The van der Waals surface area contributed by atoms with Crippen LogP contribution in [-0.2, 0) is 4.79 Å². The van der Waals surface area contributed by atoms with Gasteiger partial charge in [0, 0.05) is 17.8 Å². The van der Waals surface area contributed by atoms with Gasteiger partial charge in [-0.3, -0.25) is 14.9 Å². The fourth-order valence-corrected chi connectivity index (χ4v) is 3.91. The molecule has 0 aliphatic heterocycles. The van der Waals surface area contributed by atoms with E-state index in [-0.39, 0.29) is 23.0 Å². The zero-order chi connectivity index (χ0) is 22.9. The summed E-state index contributed by atoms with van der Waals surface area (Å²) in [5.74, 6) is 0.164. The Labute approximate surface area is 198 Å². The second kappa shape index (κ2) is 11.6. The fourth-order valence-electron chi connectivity index (χ4n) is 3.49. The molecule has 0 unspecified atom stereocenters. The Hall–Kier alpha value is -2.90. The van der Waals surface area contributed by atoms with Gasteiger partial charge in [0.05, 0.1) is 17.7 Å². The molecule has 0 saturated heterocycles. The molecule has 3 rings (SSSR count). The van der Waals surface area contributed by atoms with E-state index < -0.39 is 0 Å². The van der Waals surface area contributed by atoms with E-state index in [9.17, 15) is 9.59 Å². The third kappa shape index (κ3) is 7.07. The van der Waals surface area contributed by atoms with Crippen LogP contribution in [0, 0.1) is 0 Å². The van der Waals surface area contributed by atoms with Crippen LogP contribution in [0.25, 0.3) is 6.08 Å². The van der Waals surface area contributed by atoms with Gasteiger partial charge in [-0.05, 0) is 67.0 Å². The monoisotopic (exact) mass is 471 g/mol. The van der Waals surface area contributed by atoms with Crippen molar-refractivity contribution in [1.82, 2.24) is 10.6 Å². The molecule has 8 heteroatoms. The number of carbonyl (C=O) groups is 2. The van der Waals surface area contributed by atoms with Crippen LogP contribution in [0.3, 0.4) is 0 Å². The topological polar surface area (TPSA) is 79.5 Å². The minimum absolute atomic E-state index is 0.121. The molecular weight excluding hydrogens is 446 g/mol. The number of thiocarbonyl (C=S) groups is 1. The molecule has 2 aromatic rings. The number of nitrogens with one attached hydrogen (secondary N) is 3. The summed E-state index contributed by atoms with van der Waals surface area (Å²) < 4.78 is 5.11. The van der Waals surface area contributed by atoms with Gasteiger partial charge < -0.3 is 15.4 Å². The van der Waals surface area contributed by atoms with Crippen molar-refractivity contribution in [3.8, 4) is 5.75 Å². The number of ether oxygens (including phenoxy) is 1. The Bertz CT molecular complexity index is 1000. The molecule has 0 atom stereocenters. The molecule has 3 N–H and O–H groups in total. The maximum atomic E-state index is 12.7. The minimum Gasteiger partial charge on any atom is -0.497 e. The normalized spacial score (nSPS) is 14.1. The summed E-state index contributed by atoms with van der Waals surface area (Å²) in [6.07, 6.45) is 8.50. The minimum atomic E-state index is -0.373. The molecule has 168 valence electrons. The maximum Gasteiger partial charge on any atom is 0.253 e. The summed E-state index contributed by atoms with van der Waals surface area (Å²) in [5, 5.41) is 9.05. The molecule has 0 spiro atoms. The molecule has 1 aliphatic carbocycles. The number of benzene rings is 2. The molecule has 1 saturated carbocycles. The van der Waals surface area contributed by atoms with Crippen LogP contribution >= 0.6 is 23.8 Å². The lowest BCUT2D eigenvalue weighted by Crippen LogP contribution is -2.36. The number of methoxy groups -OCH3 is 1. The molecular formula is C24H26ClN3O3S. The van der Waals surface area contributed by atoms with Gasteiger partial charge in [0.15, 0.2) is 5.11 Å². The number of halogens is 1. The van der Waals surface area contributed by atoms with Crippen LogP contribution in [0.2, 0.25) is 5.02 Å². The van der Waals surface area contributed by atoms with Crippen LogP contribution in [0.15, 0.2) is 48.5 Å². The summed E-state index contributed by atoms with van der Waals surface area (Å²) in [6.45, 7) is 0. The SMILES string of the molecule is COc1ccc(/C=C/C(=O)NC(=S)Nc2ccc(Cl)c(C(=O)NC3CCCCC3)c2)cc1. The van der Waals surface area contributed by atoms with Crippen LogP contribution in [0.5, 0.6) is 5.75 Å². The molecule has 6 nitrogen and oxygen atoms in total. The second-order valence-corrected chi connectivity index (χ2v) is 8.37. The first kappa shape index (κ1) is 23.8. The molecule has 2 aromatic carbocycles. The predicted molar refractivity (Wildman–Crippen MR) is 132 cm³/mol. The summed E-state index contributed by atoms with van der Waals surface area (Å²) in [6, 6.07) is 12.4. The van der Waals surface area contributed by atoms with Gasteiger partial charge in [-0.25, -0.2) is 0 Å². The van der Waals surface area contributed by atoms with Crippen LogP contribution in [-0.4, -0.2) is 30.1 Å². The van der Waals surface area contributed by atoms with Crippen molar-refractivity contribution >= 4 is 52.5 Å². The number of anilines is 1. The third-order valence-corrected chi connectivity index (χ3v) is 5.72. The van der Waals surface area contributed by atoms with E-state index in [0.717, 1.165) is 37.0 Å². The van der Waals surface area contributed by atoms with E-state index in [0.29, 0.717) is 16.3 Å². The highest BCUT2D eigenvalue weighted by Gasteiger charge is 2.18. The van der Waals surface area contributed by atoms with E-state index in [4.69, 9.17) is 28.6 Å². The Balaban J connectivity index is 1.55. The van der Waals surface area contributed by atoms with Crippen LogP contribution < -0.4 is 20.7 Å². The highest BCUT2D eigenvalue weighted by Crippen LogP contribution is 2.23. The van der Waals surface area contributed by atoms with E-state index in [1.165, 1.54) is 12.5 Å². The van der Waals surface area contributed by atoms with E-state index >= 15 is 0 Å². The molecule has 32 heavy (non-hydrogen) atoms. The number of amides is 2. The van der Waals surface area contributed by atoms with Gasteiger partial charge in [0.1, 0.15) is 5.75 Å². The highest BCUT2D eigenvalue weighted by atomic mass is 35.5. The number of rotatable bonds is 6. The lowest BCUT2D eigenvalue weighted by molar-refractivity contribution is -0.115. The first-order chi connectivity index (χ1) is 15.4. The average Bonchev–Trinajstić information content (AvgIpc) is 2.80. The third-order valence-electron chi connectivity index (χ3n) is 5.19. The van der Waals surface area contributed by atoms with Crippen molar-refractivity contribution in [2.24, 2.45) is 0 Å². The van der Waals surface area contributed by atoms with Crippen molar-refractivity contribution in [3.63, 3.8) is 0 Å². The summed E-state index contributed by atoms with van der Waals surface area (Å²) in [4.78, 5) is 24.8. The molecule has 0 radical (unpaired) electrons. The molecule has 0 bridgehead atoms. The Morgan fingerprint density at radius 1 is 1.09 bits per heavy atom. The average molecular weight is 472 g/mol. The molecule has 1 aliphatic rings. The zero-order valence-electron chi connectivity index (χ0n) is 17.8. The largest absolute Gasteiger partial charge is 0.497 e. The predicted octanol–water partition coefficient (Wildman–Crippen LogP) is 4.94. The summed E-state index contributed by atoms with van der Waals surface area (Å²) in [7, 11) is 1.60. The van der Waals surface area contributed by atoms with Gasteiger partial charge in [-0.1, -0.05) is 43.0 Å². The quantitative estimate of drug-likeness (QED) is 0.411. The van der Waals surface area contributed by atoms with Gasteiger partial charge in [-0.15, -0.1) is 0 Å². The van der Waals surface area contributed by atoms with Gasteiger partial charge in [0.25, 0.3) is 5.91 Å². The molecule has 1 fully saturated rings. The van der Waals surface area contributed by atoms with Crippen molar-refractivity contribution in [3.05, 3.63) is 64.7 Å². The van der Waals surface area contributed by atoms with Crippen molar-refractivity contribution in [2.45, 2.75) is 38.1 Å². The lowest BCUT2D eigenvalue weighted by atomic mass is 9.95.